The summed E-state index contributed by atoms with van der Waals surface area (Å²) >= 11 is 3.15. The lowest BCUT2D eigenvalue weighted by molar-refractivity contribution is 0.0342. The Morgan fingerprint density at radius 1 is 1.12 bits per heavy atom. The molecule has 2 N–H and O–H groups in total. The van der Waals surface area contributed by atoms with E-state index in [0.717, 1.165) is 5.56 Å². The Bertz CT molecular complexity index is 327. The van der Waals surface area contributed by atoms with Gasteiger partial charge in [0, 0.05) is 5.33 Å². The second-order valence-corrected chi connectivity index (χ2v) is 5.69. The highest BCUT2D eigenvalue weighted by Crippen LogP contribution is 2.25. The molecule has 0 bridgehead atoms. The lowest BCUT2D eigenvalue weighted by Gasteiger charge is -2.21. The van der Waals surface area contributed by atoms with Gasteiger partial charge < -0.3 is 10.2 Å². The fraction of sp³-hybridized carbons (Fsp3) is 0.538. The normalized spacial score (nSPS) is 15.9. The van der Waals surface area contributed by atoms with Crippen LogP contribution < -0.4 is 0 Å². The number of rotatable bonds is 3. The maximum atomic E-state index is 9.80. The summed E-state index contributed by atoms with van der Waals surface area (Å²) in [6, 6.07) is 7.74. The molecule has 0 spiro atoms. The van der Waals surface area contributed by atoms with Gasteiger partial charge in [0.2, 0.25) is 0 Å². The summed E-state index contributed by atoms with van der Waals surface area (Å²) in [5.74, 6) is 0. The van der Waals surface area contributed by atoms with E-state index >= 15 is 0 Å². The minimum Gasteiger partial charge on any atom is -0.389 e. The summed E-state index contributed by atoms with van der Waals surface area (Å²) in [7, 11) is 0. The third kappa shape index (κ3) is 3.30. The second kappa shape index (κ2) is 5.30. The van der Waals surface area contributed by atoms with E-state index in [9.17, 15) is 10.2 Å². The molecule has 3 heteroatoms. The maximum Gasteiger partial charge on any atom is 0.106 e. The number of alkyl halides is 1. The van der Waals surface area contributed by atoms with E-state index in [0.29, 0.717) is 5.33 Å². The van der Waals surface area contributed by atoms with Gasteiger partial charge in [-0.05, 0) is 16.5 Å². The summed E-state index contributed by atoms with van der Waals surface area (Å²) < 4.78 is 0. The zero-order valence-electron chi connectivity index (χ0n) is 9.94. The Labute approximate surface area is 105 Å². The average Bonchev–Trinajstić information content (AvgIpc) is 2.26. The Balaban J connectivity index is 2.87. The summed E-state index contributed by atoms with van der Waals surface area (Å²) in [5, 5.41) is 19.7. The van der Waals surface area contributed by atoms with E-state index in [1.165, 1.54) is 5.56 Å². The largest absolute Gasteiger partial charge is 0.389 e. The summed E-state index contributed by atoms with van der Waals surface area (Å²) in [6.07, 6.45) is -1.59. The zero-order valence-corrected chi connectivity index (χ0v) is 11.5. The first-order valence-corrected chi connectivity index (χ1v) is 6.51. The average molecular weight is 287 g/mol. The van der Waals surface area contributed by atoms with Crippen molar-refractivity contribution < 1.29 is 10.2 Å². The molecule has 0 fully saturated rings. The molecule has 0 saturated heterocycles. The Morgan fingerprint density at radius 2 is 1.62 bits per heavy atom. The molecule has 0 aliphatic heterocycles. The van der Waals surface area contributed by atoms with Gasteiger partial charge in [0.25, 0.3) is 0 Å². The van der Waals surface area contributed by atoms with Crippen molar-refractivity contribution in [3.63, 3.8) is 0 Å². The quantitative estimate of drug-likeness (QED) is 0.839. The van der Waals surface area contributed by atoms with Gasteiger partial charge in [-0.3, -0.25) is 0 Å². The number of hydrogen-bond acceptors (Lipinski definition) is 2. The highest BCUT2D eigenvalue weighted by molar-refractivity contribution is 9.09. The highest BCUT2D eigenvalue weighted by atomic mass is 79.9. The first-order valence-electron chi connectivity index (χ1n) is 5.39. The van der Waals surface area contributed by atoms with E-state index in [1.54, 1.807) is 0 Å². The van der Waals surface area contributed by atoms with Crippen LogP contribution in [0, 0.1) is 0 Å². The van der Waals surface area contributed by atoms with E-state index in [1.807, 2.05) is 24.3 Å². The van der Waals surface area contributed by atoms with Crippen LogP contribution in [0.1, 0.15) is 38.0 Å². The monoisotopic (exact) mass is 286 g/mol. The molecule has 0 saturated carbocycles. The van der Waals surface area contributed by atoms with Crippen LogP contribution in [0.5, 0.6) is 0 Å². The fourth-order valence-electron chi connectivity index (χ4n) is 1.49. The Morgan fingerprint density at radius 3 is 2.00 bits per heavy atom. The molecular weight excluding hydrogens is 268 g/mol. The van der Waals surface area contributed by atoms with E-state index in [2.05, 4.69) is 36.7 Å². The summed E-state index contributed by atoms with van der Waals surface area (Å²) in [5.41, 5.74) is 2.08. The Kier molecular flexibility index (Phi) is 4.53. The lowest BCUT2D eigenvalue weighted by atomic mass is 9.86. The standard InChI is InChI=1S/C13H19BrO2/c1-13(2,3)10-6-4-9(5-7-10)12(16)11(15)8-14/h4-7,11-12,15-16H,8H2,1-3H3. The smallest absolute Gasteiger partial charge is 0.106 e. The van der Waals surface area contributed by atoms with Crippen LogP contribution in [0.3, 0.4) is 0 Å². The van der Waals surface area contributed by atoms with Gasteiger partial charge in [-0.2, -0.15) is 0 Å². The zero-order chi connectivity index (χ0) is 12.3. The molecule has 2 unspecified atom stereocenters. The molecule has 90 valence electrons. The lowest BCUT2D eigenvalue weighted by Crippen LogP contribution is -2.19. The predicted octanol–water partition coefficient (Wildman–Crippen LogP) is 2.77. The van der Waals surface area contributed by atoms with E-state index in [4.69, 9.17) is 0 Å². The maximum absolute atomic E-state index is 9.80. The summed E-state index contributed by atoms with van der Waals surface area (Å²) in [4.78, 5) is 0. The summed E-state index contributed by atoms with van der Waals surface area (Å²) in [6.45, 7) is 6.43. The van der Waals surface area contributed by atoms with Crippen LogP contribution in [-0.2, 0) is 5.41 Å². The van der Waals surface area contributed by atoms with Crippen LogP contribution >= 0.6 is 15.9 Å². The van der Waals surface area contributed by atoms with Gasteiger partial charge >= 0.3 is 0 Å². The second-order valence-electron chi connectivity index (χ2n) is 5.04. The van der Waals surface area contributed by atoms with Crippen LogP contribution in [0.15, 0.2) is 24.3 Å². The van der Waals surface area contributed by atoms with Gasteiger partial charge in [-0.1, -0.05) is 61.0 Å². The molecule has 2 atom stereocenters. The van der Waals surface area contributed by atoms with Crippen molar-refractivity contribution in [3.05, 3.63) is 35.4 Å². The highest BCUT2D eigenvalue weighted by Gasteiger charge is 2.18. The number of halogens is 1. The molecule has 0 radical (unpaired) electrons. The fourth-order valence-corrected chi connectivity index (χ4v) is 1.84. The first-order chi connectivity index (χ1) is 7.36. The molecule has 1 aromatic rings. The van der Waals surface area contributed by atoms with Crippen LogP contribution in [0.4, 0.5) is 0 Å². The predicted molar refractivity (Wildman–Crippen MR) is 69.9 cm³/mol. The number of hydrogen-bond donors (Lipinski definition) is 2. The van der Waals surface area contributed by atoms with Gasteiger partial charge in [-0.25, -0.2) is 0 Å². The number of aliphatic hydroxyl groups is 2. The third-order valence-electron chi connectivity index (χ3n) is 2.64. The van der Waals surface area contributed by atoms with Gasteiger partial charge in [0.1, 0.15) is 6.10 Å². The van der Waals surface area contributed by atoms with Crippen LogP contribution in [0.25, 0.3) is 0 Å². The van der Waals surface area contributed by atoms with Crippen molar-refractivity contribution in [2.24, 2.45) is 0 Å². The molecule has 0 heterocycles. The van der Waals surface area contributed by atoms with Gasteiger partial charge in [-0.15, -0.1) is 0 Å². The molecule has 1 rings (SSSR count). The topological polar surface area (TPSA) is 40.5 Å². The third-order valence-corrected chi connectivity index (χ3v) is 3.30. The minimum atomic E-state index is -0.826. The van der Waals surface area contributed by atoms with Crippen molar-refractivity contribution in [3.8, 4) is 0 Å². The van der Waals surface area contributed by atoms with Gasteiger partial charge in [0.15, 0.2) is 0 Å². The first kappa shape index (κ1) is 13.7. The van der Waals surface area contributed by atoms with Crippen LogP contribution in [0.2, 0.25) is 0 Å². The molecule has 2 nitrogen and oxygen atoms in total. The van der Waals surface area contributed by atoms with Crippen molar-refractivity contribution in [1.29, 1.82) is 0 Å². The molecular formula is C13H19BrO2. The van der Waals surface area contributed by atoms with Gasteiger partial charge in [0.05, 0.1) is 6.10 Å². The molecule has 0 amide bonds. The van der Waals surface area contributed by atoms with Crippen LogP contribution in [-0.4, -0.2) is 21.6 Å². The van der Waals surface area contributed by atoms with E-state index in [-0.39, 0.29) is 5.41 Å². The minimum absolute atomic E-state index is 0.109. The van der Waals surface area contributed by atoms with Crippen molar-refractivity contribution >= 4 is 15.9 Å². The molecule has 0 aliphatic carbocycles. The molecule has 0 aromatic heterocycles. The Hall–Kier alpha value is -0.380. The van der Waals surface area contributed by atoms with Crippen molar-refractivity contribution in [2.45, 2.75) is 38.4 Å². The SMILES string of the molecule is CC(C)(C)c1ccc(C(O)C(O)CBr)cc1. The molecule has 0 aliphatic rings. The van der Waals surface area contributed by atoms with Crippen molar-refractivity contribution in [2.75, 3.05) is 5.33 Å². The number of aliphatic hydroxyl groups excluding tert-OH is 2. The number of benzene rings is 1. The molecule has 1 aromatic carbocycles. The van der Waals surface area contributed by atoms with E-state index < -0.39 is 12.2 Å². The van der Waals surface area contributed by atoms with Crippen molar-refractivity contribution in [1.82, 2.24) is 0 Å². The molecule has 16 heavy (non-hydrogen) atoms.